The van der Waals surface area contributed by atoms with Crippen molar-refractivity contribution >= 4 is 11.8 Å². The van der Waals surface area contributed by atoms with E-state index in [2.05, 4.69) is 10.6 Å². The van der Waals surface area contributed by atoms with Crippen LogP contribution in [0.25, 0.3) is 0 Å². The van der Waals surface area contributed by atoms with Crippen molar-refractivity contribution in [1.29, 1.82) is 0 Å². The lowest BCUT2D eigenvalue weighted by molar-refractivity contribution is -0.341. The first kappa shape index (κ1) is 23.9. The molecule has 0 radical (unpaired) electrons. The maximum absolute atomic E-state index is 12.3. The number of aliphatic hydroxyl groups excluding tert-OH is 5. The standard InChI is InChI=1S/C16H28N2O11/c1-5(20)18-7-9(22)12(13(14(25)17-2)29-15(7)26-3)28-16-11(24)10(23)8(21)6(4-19)27-16/h6-13,15-16,19,21-24H,4H2,1-3H3,(H,17,25)(H,18,20)/t6-,7-,8-,9+,10-,11?,12-,13+,15+,16-/m0/s1. The van der Waals surface area contributed by atoms with Crippen LogP contribution in [0.15, 0.2) is 0 Å². The SMILES string of the molecule is CNC(=O)[C@@H]1O[C@@H](OC)[C@@H](NC(C)=O)[C@@H](O)[C@@H]1O[C@@H]1O[C@@H](CO)[C@H](O)[C@H](O)C1O. The van der Waals surface area contributed by atoms with Gasteiger partial charge in [-0.1, -0.05) is 0 Å². The van der Waals surface area contributed by atoms with Crippen molar-refractivity contribution in [2.45, 2.75) is 68.3 Å². The van der Waals surface area contributed by atoms with E-state index in [1.807, 2.05) is 0 Å². The smallest absolute Gasteiger partial charge is 0.251 e. The number of rotatable bonds is 6. The molecular formula is C16H28N2O11. The van der Waals surface area contributed by atoms with E-state index in [-0.39, 0.29) is 0 Å². The van der Waals surface area contributed by atoms with Gasteiger partial charge >= 0.3 is 0 Å². The number of amides is 2. The van der Waals surface area contributed by atoms with Gasteiger partial charge < -0.3 is 55.1 Å². The summed E-state index contributed by atoms with van der Waals surface area (Å²) in [7, 11) is 2.58. The van der Waals surface area contributed by atoms with E-state index in [1.165, 1.54) is 21.1 Å². The molecule has 13 heteroatoms. The molecule has 29 heavy (non-hydrogen) atoms. The predicted molar refractivity (Wildman–Crippen MR) is 92.0 cm³/mol. The van der Waals surface area contributed by atoms with Gasteiger partial charge in [0.05, 0.1) is 6.61 Å². The molecule has 2 rings (SSSR count). The Morgan fingerprint density at radius 2 is 1.66 bits per heavy atom. The average Bonchev–Trinajstić information content (AvgIpc) is 2.70. The lowest BCUT2D eigenvalue weighted by Crippen LogP contribution is -2.68. The lowest BCUT2D eigenvalue weighted by atomic mass is 9.94. The van der Waals surface area contributed by atoms with Crippen LogP contribution in [0.1, 0.15) is 6.92 Å². The van der Waals surface area contributed by atoms with Gasteiger partial charge in [0, 0.05) is 21.1 Å². The fourth-order valence-corrected chi connectivity index (χ4v) is 3.28. The molecule has 2 aliphatic rings. The summed E-state index contributed by atoms with van der Waals surface area (Å²) in [5.74, 6) is -1.20. The number of carbonyl (C=O) groups excluding carboxylic acids is 2. The van der Waals surface area contributed by atoms with E-state index < -0.39 is 79.8 Å². The van der Waals surface area contributed by atoms with Crippen molar-refractivity contribution in [2.75, 3.05) is 20.8 Å². The molecule has 7 N–H and O–H groups in total. The number of likely N-dealkylation sites (N-methyl/N-ethyl adjacent to an activating group) is 1. The average molecular weight is 424 g/mol. The zero-order valence-electron chi connectivity index (χ0n) is 16.2. The Labute approximate surface area is 166 Å². The molecule has 2 heterocycles. The summed E-state index contributed by atoms with van der Waals surface area (Å²) in [4.78, 5) is 23.8. The molecule has 0 aromatic heterocycles. The number of hydrogen-bond donors (Lipinski definition) is 7. The van der Waals surface area contributed by atoms with Crippen LogP contribution in [0.4, 0.5) is 0 Å². The monoisotopic (exact) mass is 424 g/mol. The summed E-state index contributed by atoms with van der Waals surface area (Å²) in [5, 5.41) is 54.8. The highest BCUT2D eigenvalue weighted by Crippen LogP contribution is 2.29. The fourth-order valence-electron chi connectivity index (χ4n) is 3.28. The minimum absolute atomic E-state index is 0.510. The van der Waals surface area contributed by atoms with Crippen molar-refractivity contribution in [3.05, 3.63) is 0 Å². The lowest BCUT2D eigenvalue weighted by Gasteiger charge is -2.46. The van der Waals surface area contributed by atoms with Gasteiger partial charge in [0.25, 0.3) is 5.91 Å². The summed E-state index contributed by atoms with van der Waals surface area (Å²) in [5.41, 5.74) is 0. The molecule has 2 fully saturated rings. The number of carbonyl (C=O) groups is 2. The Morgan fingerprint density at radius 3 is 2.17 bits per heavy atom. The van der Waals surface area contributed by atoms with Crippen LogP contribution in [0.3, 0.4) is 0 Å². The van der Waals surface area contributed by atoms with E-state index >= 15 is 0 Å². The van der Waals surface area contributed by atoms with Crippen molar-refractivity contribution in [2.24, 2.45) is 0 Å². The molecule has 0 aromatic carbocycles. The molecule has 0 saturated carbocycles. The van der Waals surface area contributed by atoms with Crippen LogP contribution < -0.4 is 10.6 Å². The van der Waals surface area contributed by atoms with Crippen LogP contribution in [0, 0.1) is 0 Å². The van der Waals surface area contributed by atoms with Gasteiger partial charge in [-0.2, -0.15) is 0 Å². The van der Waals surface area contributed by atoms with Gasteiger partial charge in [0.15, 0.2) is 18.7 Å². The van der Waals surface area contributed by atoms with Crippen LogP contribution in [-0.4, -0.2) is 119 Å². The Hall–Kier alpha value is -1.42. The molecule has 2 aliphatic heterocycles. The molecule has 10 atom stereocenters. The van der Waals surface area contributed by atoms with E-state index in [4.69, 9.17) is 18.9 Å². The number of hydrogen-bond acceptors (Lipinski definition) is 11. The molecule has 2 saturated heterocycles. The second kappa shape index (κ2) is 10.1. The van der Waals surface area contributed by atoms with E-state index in [9.17, 15) is 35.1 Å². The van der Waals surface area contributed by atoms with E-state index in [0.717, 1.165) is 0 Å². The summed E-state index contributed by atoms with van der Waals surface area (Å²) in [6.07, 6.45) is -13.6. The van der Waals surface area contributed by atoms with Crippen LogP contribution in [0.5, 0.6) is 0 Å². The molecule has 1 unspecified atom stereocenters. The van der Waals surface area contributed by atoms with Gasteiger partial charge in [-0.25, -0.2) is 0 Å². The molecule has 0 bridgehead atoms. The van der Waals surface area contributed by atoms with Gasteiger partial charge in [-0.15, -0.1) is 0 Å². The fraction of sp³-hybridized carbons (Fsp3) is 0.875. The quantitative estimate of drug-likeness (QED) is 0.216. The van der Waals surface area contributed by atoms with Crippen molar-refractivity contribution in [3.8, 4) is 0 Å². The van der Waals surface area contributed by atoms with Crippen LogP contribution in [-0.2, 0) is 28.5 Å². The highest BCUT2D eigenvalue weighted by atomic mass is 16.7. The zero-order valence-corrected chi connectivity index (χ0v) is 16.2. The van der Waals surface area contributed by atoms with Gasteiger partial charge in [0.2, 0.25) is 5.91 Å². The van der Waals surface area contributed by atoms with Crippen LogP contribution in [0.2, 0.25) is 0 Å². The highest BCUT2D eigenvalue weighted by molar-refractivity contribution is 5.81. The third-order valence-electron chi connectivity index (χ3n) is 4.82. The maximum Gasteiger partial charge on any atom is 0.251 e. The van der Waals surface area contributed by atoms with Crippen LogP contribution >= 0.6 is 0 Å². The molecule has 168 valence electrons. The molecule has 0 aromatic rings. The van der Waals surface area contributed by atoms with Crippen molar-refractivity contribution < 1.29 is 54.1 Å². The van der Waals surface area contributed by atoms with Gasteiger partial charge in [-0.3, -0.25) is 9.59 Å². The Kier molecular flexibility index (Phi) is 8.28. The predicted octanol–water partition coefficient (Wildman–Crippen LogP) is -4.85. The number of methoxy groups -OCH3 is 1. The normalized spacial score (nSPS) is 42.9. The van der Waals surface area contributed by atoms with E-state index in [1.54, 1.807) is 0 Å². The summed E-state index contributed by atoms with van der Waals surface area (Å²) < 4.78 is 21.5. The third kappa shape index (κ3) is 5.02. The molecule has 0 spiro atoms. The highest BCUT2D eigenvalue weighted by Gasteiger charge is 2.52. The largest absolute Gasteiger partial charge is 0.394 e. The number of aliphatic hydroxyl groups is 5. The summed E-state index contributed by atoms with van der Waals surface area (Å²) in [6, 6.07) is -1.13. The van der Waals surface area contributed by atoms with Crippen molar-refractivity contribution in [1.82, 2.24) is 10.6 Å². The molecule has 2 amide bonds. The molecular weight excluding hydrogens is 396 g/mol. The minimum Gasteiger partial charge on any atom is -0.394 e. The number of ether oxygens (including phenoxy) is 4. The maximum atomic E-state index is 12.3. The first-order valence-electron chi connectivity index (χ1n) is 8.97. The zero-order chi connectivity index (χ0) is 21.9. The first-order chi connectivity index (χ1) is 13.7. The molecule has 13 nitrogen and oxygen atoms in total. The Balaban J connectivity index is 2.29. The second-order valence-corrected chi connectivity index (χ2v) is 6.79. The summed E-state index contributed by atoms with van der Waals surface area (Å²) >= 11 is 0. The van der Waals surface area contributed by atoms with Gasteiger partial charge in [-0.05, 0) is 0 Å². The Bertz CT molecular complexity index is 577. The first-order valence-corrected chi connectivity index (χ1v) is 8.97. The van der Waals surface area contributed by atoms with E-state index in [0.29, 0.717) is 0 Å². The third-order valence-corrected chi connectivity index (χ3v) is 4.82. The molecule has 0 aliphatic carbocycles. The Morgan fingerprint density at radius 1 is 1.00 bits per heavy atom. The van der Waals surface area contributed by atoms with Crippen molar-refractivity contribution in [3.63, 3.8) is 0 Å². The number of nitrogens with one attached hydrogen (secondary N) is 2. The minimum atomic E-state index is -1.76. The topological polar surface area (TPSA) is 196 Å². The summed E-state index contributed by atoms with van der Waals surface area (Å²) in [6.45, 7) is 0.519. The van der Waals surface area contributed by atoms with Gasteiger partial charge in [0.1, 0.15) is 42.7 Å². The second-order valence-electron chi connectivity index (χ2n) is 6.79.